The first-order valence-electron chi connectivity index (χ1n) is 6.20. The largest absolute Gasteiger partial charge is 0.481 e. The van der Waals surface area contributed by atoms with Crippen LogP contribution in [-0.4, -0.2) is 41.8 Å². The van der Waals surface area contributed by atoms with E-state index in [4.69, 9.17) is 14.3 Å². The van der Waals surface area contributed by atoms with Gasteiger partial charge in [-0.25, -0.2) is 0 Å². The van der Waals surface area contributed by atoms with Gasteiger partial charge >= 0.3 is 5.97 Å². The van der Waals surface area contributed by atoms with E-state index in [9.17, 15) is 4.79 Å². The monoisotopic (exact) mass is 253 g/mol. The van der Waals surface area contributed by atoms with Gasteiger partial charge in [-0.3, -0.25) is 9.69 Å². The number of aliphatic carboxylic acids is 1. The molecule has 0 spiro atoms. The molecule has 1 saturated heterocycles. The molecule has 1 aromatic heterocycles. The average Bonchev–Trinajstić information content (AvgIpc) is 2.74. The van der Waals surface area contributed by atoms with Crippen LogP contribution in [0.5, 0.6) is 0 Å². The lowest BCUT2D eigenvalue weighted by Crippen LogP contribution is -2.44. The van der Waals surface area contributed by atoms with Crippen molar-refractivity contribution in [3.8, 4) is 0 Å². The molecule has 0 radical (unpaired) electrons. The Kier molecular flexibility index (Phi) is 4.04. The molecule has 2 atom stereocenters. The molecule has 100 valence electrons. The van der Waals surface area contributed by atoms with Gasteiger partial charge in [-0.15, -0.1) is 0 Å². The van der Waals surface area contributed by atoms with Crippen molar-refractivity contribution in [1.82, 2.24) is 4.90 Å². The standard InChI is InChI=1S/C13H19NO4/c1-9-3-4-12(18-9)10(2)14-5-6-17-11(8-14)7-13(15)16/h3-4,10-11H,5-8H2,1-2H3,(H,15,16). The molecule has 1 aliphatic heterocycles. The second kappa shape index (κ2) is 5.54. The van der Waals surface area contributed by atoms with Gasteiger partial charge in [0, 0.05) is 13.1 Å². The van der Waals surface area contributed by atoms with Crippen LogP contribution in [0.2, 0.25) is 0 Å². The third-order valence-corrected chi connectivity index (χ3v) is 3.29. The van der Waals surface area contributed by atoms with Gasteiger partial charge in [-0.2, -0.15) is 0 Å². The first kappa shape index (κ1) is 13.1. The Labute approximate surface area is 106 Å². The first-order chi connectivity index (χ1) is 8.56. The predicted molar refractivity (Wildman–Crippen MR) is 65.4 cm³/mol. The van der Waals surface area contributed by atoms with Crippen LogP contribution in [0.3, 0.4) is 0 Å². The number of aryl methyl sites for hydroxylation is 1. The fourth-order valence-corrected chi connectivity index (χ4v) is 2.27. The molecule has 2 unspecified atom stereocenters. The van der Waals surface area contributed by atoms with Gasteiger partial charge < -0.3 is 14.3 Å². The maximum atomic E-state index is 10.7. The van der Waals surface area contributed by atoms with Crippen molar-refractivity contribution in [3.05, 3.63) is 23.7 Å². The summed E-state index contributed by atoms with van der Waals surface area (Å²) in [5.41, 5.74) is 0. The van der Waals surface area contributed by atoms with Crippen LogP contribution in [0, 0.1) is 6.92 Å². The maximum absolute atomic E-state index is 10.7. The van der Waals surface area contributed by atoms with Crippen LogP contribution in [-0.2, 0) is 9.53 Å². The van der Waals surface area contributed by atoms with Gasteiger partial charge in [0.2, 0.25) is 0 Å². The van der Waals surface area contributed by atoms with Crippen LogP contribution in [0.1, 0.15) is 30.9 Å². The number of carboxylic acids is 1. The number of hydrogen-bond donors (Lipinski definition) is 1. The summed E-state index contributed by atoms with van der Waals surface area (Å²) >= 11 is 0. The molecule has 5 nitrogen and oxygen atoms in total. The zero-order chi connectivity index (χ0) is 13.1. The zero-order valence-electron chi connectivity index (χ0n) is 10.8. The molecule has 2 heterocycles. The lowest BCUT2D eigenvalue weighted by atomic mass is 10.1. The second-order valence-electron chi connectivity index (χ2n) is 4.71. The minimum absolute atomic E-state index is 0.0560. The number of carboxylic acid groups (broad SMARTS) is 1. The van der Waals surface area contributed by atoms with Crippen LogP contribution >= 0.6 is 0 Å². The summed E-state index contributed by atoms with van der Waals surface area (Å²) in [7, 11) is 0. The molecule has 0 amide bonds. The molecule has 0 saturated carbocycles. The van der Waals surface area contributed by atoms with Gasteiger partial charge in [-0.05, 0) is 26.0 Å². The summed E-state index contributed by atoms with van der Waals surface area (Å²) in [5, 5.41) is 8.79. The summed E-state index contributed by atoms with van der Waals surface area (Å²) in [5.74, 6) is 0.999. The first-order valence-corrected chi connectivity index (χ1v) is 6.20. The Balaban J connectivity index is 1.97. The maximum Gasteiger partial charge on any atom is 0.306 e. The van der Waals surface area contributed by atoms with Gasteiger partial charge in [-0.1, -0.05) is 0 Å². The highest BCUT2D eigenvalue weighted by Gasteiger charge is 2.27. The van der Waals surface area contributed by atoms with E-state index in [-0.39, 0.29) is 18.6 Å². The number of nitrogens with zero attached hydrogens (tertiary/aromatic N) is 1. The summed E-state index contributed by atoms with van der Waals surface area (Å²) in [6.07, 6.45) is -0.171. The SMILES string of the molecule is Cc1ccc(C(C)N2CCOC(CC(=O)O)C2)o1. The second-order valence-corrected chi connectivity index (χ2v) is 4.71. The van der Waals surface area contributed by atoms with Gasteiger partial charge in [0.1, 0.15) is 11.5 Å². The Hall–Kier alpha value is -1.33. The molecular formula is C13H19NO4. The van der Waals surface area contributed by atoms with Crippen LogP contribution in [0.15, 0.2) is 16.5 Å². The number of hydrogen-bond acceptors (Lipinski definition) is 4. The summed E-state index contributed by atoms with van der Waals surface area (Å²) in [4.78, 5) is 12.9. The molecule has 1 aliphatic rings. The minimum Gasteiger partial charge on any atom is -0.481 e. The van der Waals surface area contributed by atoms with Crippen molar-refractivity contribution in [1.29, 1.82) is 0 Å². The summed E-state index contributed by atoms with van der Waals surface area (Å²) in [6.45, 7) is 6.00. The van der Waals surface area contributed by atoms with Gasteiger partial charge in [0.15, 0.2) is 0 Å². The highest BCUT2D eigenvalue weighted by molar-refractivity contribution is 5.67. The summed E-state index contributed by atoms with van der Waals surface area (Å²) in [6, 6.07) is 4.07. The van der Waals surface area contributed by atoms with E-state index in [1.54, 1.807) is 0 Å². The van der Waals surface area contributed by atoms with Crippen molar-refractivity contribution in [2.45, 2.75) is 32.4 Å². The van der Waals surface area contributed by atoms with E-state index >= 15 is 0 Å². The Bertz CT molecular complexity index is 415. The van der Waals surface area contributed by atoms with E-state index in [1.165, 1.54) is 0 Å². The molecule has 0 aliphatic carbocycles. The Morgan fingerprint density at radius 3 is 3.00 bits per heavy atom. The Morgan fingerprint density at radius 2 is 2.39 bits per heavy atom. The van der Waals surface area contributed by atoms with E-state index in [0.717, 1.165) is 18.1 Å². The molecule has 1 aromatic rings. The topological polar surface area (TPSA) is 62.9 Å². The minimum atomic E-state index is -0.816. The highest BCUT2D eigenvalue weighted by atomic mass is 16.5. The quantitative estimate of drug-likeness (QED) is 0.886. The number of rotatable bonds is 4. The fourth-order valence-electron chi connectivity index (χ4n) is 2.27. The van der Waals surface area contributed by atoms with Crippen molar-refractivity contribution in [2.75, 3.05) is 19.7 Å². The third-order valence-electron chi connectivity index (χ3n) is 3.29. The molecule has 0 bridgehead atoms. The molecule has 1 fully saturated rings. The average molecular weight is 253 g/mol. The fraction of sp³-hybridized carbons (Fsp3) is 0.615. The number of morpholine rings is 1. The van der Waals surface area contributed by atoms with Crippen molar-refractivity contribution in [2.24, 2.45) is 0 Å². The van der Waals surface area contributed by atoms with E-state index in [0.29, 0.717) is 13.2 Å². The van der Waals surface area contributed by atoms with Gasteiger partial charge in [0.05, 0.1) is 25.2 Å². The number of furan rings is 1. The molecular weight excluding hydrogens is 234 g/mol. The Morgan fingerprint density at radius 1 is 1.61 bits per heavy atom. The zero-order valence-corrected chi connectivity index (χ0v) is 10.8. The third kappa shape index (κ3) is 3.11. The molecule has 5 heteroatoms. The number of carbonyl (C=O) groups is 1. The normalized spacial score (nSPS) is 22.9. The smallest absolute Gasteiger partial charge is 0.306 e. The number of ether oxygens (including phenoxy) is 1. The van der Waals surface area contributed by atoms with Crippen molar-refractivity contribution >= 4 is 5.97 Å². The van der Waals surface area contributed by atoms with Crippen LogP contribution < -0.4 is 0 Å². The van der Waals surface area contributed by atoms with Crippen LogP contribution in [0.25, 0.3) is 0 Å². The predicted octanol–water partition coefficient (Wildman–Crippen LogP) is 1.82. The van der Waals surface area contributed by atoms with E-state index < -0.39 is 5.97 Å². The molecule has 0 aromatic carbocycles. The lowest BCUT2D eigenvalue weighted by molar-refractivity contribution is -0.142. The lowest BCUT2D eigenvalue weighted by Gasteiger charge is -2.35. The molecule has 1 N–H and O–H groups in total. The van der Waals surface area contributed by atoms with Crippen molar-refractivity contribution < 1.29 is 19.1 Å². The van der Waals surface area contributed by atoms with E-state index in [1.807, 2.05) is 19.1 Å². The van der Waals surface area contributed by atoms with Gasteiger partial charge in [0.25, 0.3) is 0 Å². The molecule has 18 heavy (non-hydrogen) atoms. The van der Waals surface area contributed by atoms with E-state index in [2.05, 4.69) is 11.8 Å². The summed E-state index contributed by atoms with van der Waals surface area (Å²) < 4.78 is 11.1. The molecule has 2 rings (SSSR count). The van der Waals surface area contributed by atoms with Crippen molar-refractivity contribution in [3.63, 3.8) is 0 Å². The van der Waals surface area contributed by atoms with Crippen LogP contribution in [0.4, 0.5) is 0 Å². The highest BCUT2D eigenvalue weighted by Crippen LogP contribution is 2.24.